The number of fused-ring (bicyclic) bond motifs is 3. The van der Waals surface area contributed by atoms with Crippen molar-refractivity contribution in [3.8, 4) is 11.1 Å². The van der Waals surface area contributed by atoms with Crippen molar-refractivity contribution in [1.29, 1.82) is 0 Å². The number of benzene rings is 2. The topological polar surface area (TPSA) is 95.9 Å². The van der Waals surface area contributed by atoms with E-state index in [9.17, 15) is 14.4 Å². The van der Waals surface area contributed by atoms with Crippen LogP contribution < -0.4 is 5.32 Å². The van der Waals surface area contributed by atoms with Crippen molar-refractivity contribution < 1.29 is 24.2 Å². The van der Waals surface area contributed by atoms with Gasteiger partial charge in [0.2, 0.25) is 5.91 Å². The molecule has 2 aliphatic carbocycles. The van der Waals surface area contributed by atoms with Crippen LogP contribution in [-0.2, 0) is 14.3 Å². The molecule has 2 aromatic rings. The third-order valence-electron chi connectivity index (χ3n) is 6.40. The molecule has 0 saturated heterocycles. The molecule has 1 fully saturated rings. The maximum Gasteiger partial charge on any atom is 0.407 e. The number of hydrogen-bond donors (Lipinski definition) is 2. The molecule has 1 atom stereocenters. The maximum absolute atomic E-state index is 12.8. The van der Waals surface area contributed by atoms with Crippen molar-refractivity contribution in [2.45, 2.75) is 32.1 Å². The summed E-state index contributed by atoms with van der Waals surface area (Å²) in [5, 5.41) is 11.7. The summed E-state index contributed by atoms with van der Waals surface area (Å²) in [5.41, 5.74) is 4.62. The van der Waals surface area contributed by atoms with Crippen molar-refractivity contribution in [2.24, 2.45) is 11.8 Å². The van der Waals surface area contributed by atoms with Crippen LogP contribution in [0.5, 0.6) is 0 Å². The molecule has 4 rings (SSSR count). The van der Waals surface area contributed by atoms with Crippen LogP contribution in [0.25, 0.3) is 11.1 Å². The normalized spacial score (nSPS) is 15.3. The molecule has 1 unspecified atom stereocenters. The molecule has 0 bridgehead atoms. The molecule has 2 amide bonds. The Balaban J connectivity index is 1.29. The van der Waals surface area contributed by atoms with Gasteiger partial charge in [-0.05, 0) is 41.0 Å². The predicted octanol–water partition coefficient (Wildman–Crippen LogP) is 3.87. The molecule has 0 aromatic heterocycles. The van der Waals surface area contributed by atoms with Gasteiger partial charge >= 0.3 is 12.1 Å². The summed E-state index contributed by atoms with van der Waals surface area (Å²) >= 11 is 0. The molecule has 0 spiro atoms. The Kier molecular flexibility index (Phi) is 6.96. The molecular formula is C26H30N2O5. The number of carbonyl (C=O) groups excluding carboxylic acids is 2. The van der Waals surface area contributed by atoms with E-state index in [4.69, 9.17) is 9.84 Å². The van der Waals surface area contributed by atoms with Gasteiger partial charge < -0.3 is 20.1 Å². The van der Waals surface area contributed by atoms with E-state index in [2.05, 4.69) is 29.6 Å². The standard InChI is InChI=1S/C26H30N2O5/c1-17(25(31)28(13-12-24(29)30)15-18-10-11-18)14-27-26(32)33-16-23-21-8-4-2-6-19(21)20-7-3-5-9-22(20)23/h2-9,17-18,23H,10-16H2,1H3,(H,27,32)(H,29,30). The van der Waals surface area contributed by atoms with E-state index < -0.39 is 18.0 Å². The summed E-state index contributed by atoms with van der Waals surface area (Å²) in [6.07, 6.45) is 1.51. The molecular weight excluding hydrogens is 420 g/mol. The van der Waals surface area contributed by atoms with Crippen LogP contribution in [0.1, 0.15) is 43.2 Å². The average molecular weight is 451 g/mol. The Labute approximate surface area is 193 Å². The number of alkyl carbamates (subject to hydrolysis) is 1. The van der Waals surface area contributed by atoms with E-state index >= 15 is 0 Å². The van der Waals surface area contributed by atoms with Crippen LogP contribution in [0, 0.1) is 11.8 Å². The van der Waals surface area contributed by atoms with Crippen LogP contribution in [0.15, 0.2) is 48.5 Å². The quantitative estimate of drug-likeness (QED) is 0.573. The highest BCUT2D eigenvalue weighted by Crippen LogP contribution is 2.44. The molecule has 2 aliphatic rings. The summed E-state index contributed by atoms with van der Waals surface area (Å²) in [6, 6.07) is 16.3. The number of hydrogen-bond acceptors (Lipinski definition) is 4. The second-order valence-corrected chi connectivity index (χ2v) is 8.98. The van der Waals surface area contributed by atoms with E-state index in [1.807, 2.05) is 24.3 Å². The highest BCUT2D eigenvalue weighted by molar-refractivity contribution is 5.81. The number of carboxylic acids is 1. The number of aliphatic carboxylic acids is 1. The minimum atomic E-state index is -0.923. The molecule has 7 heteroatoms. The van der Waals surface area contributed by atoms with Gasteiger partial charge in [-0.25, -0.2) is 4.79 Å². The van der Waals surface area contributed by atoms with Crippen LogP contribution >= 0.6 is 0 Å². The lowest BCUT2D eigenvalue weighted by atomic mass is 9.98. The number of carbonyl (C=O) groups is 3. The zero-order valence-corrected chi connectivity index (χ0v) is 18.8. The summed E-state index contributed by atoms with van der Waals surface area (Å²) in [4.78, 5) is 37.8. The van der Waals surface area contributed by atoms with Crippen molar-refractivity contribution in [1.82, 2.24) is 10.2 Å². The molecule has 0 heterocycles. The van der Waals surface area contributed by atoms with Crippen molar-refractivity contribution in [3.63, 3.8) is 0 Å². The van der Waals surface area contributed by atoms with Crippen LogP contribution in [0.4, 0.5) is 4.79 Å². The van der Waals surface area contributed by atoms with Gasteiger partial charge in [0.05, 0.1) is 12.3 Å². The van der Waals surface area contributed by atoms with Crippen molar-refractivity contribution in [2.75, 3.05) is 26.2 Å². The van der Waals surface area contributed by atoms with Gasteiger partial charge in [0, 0.05) is 25.6 Å². The number of carboxylic acid groups (broad SMARTS) is 1. The number of nitrogens with one attached hydrogen (secondary N) is 1. The summed E-state index contributed by atoms with van der Waals surface area (Å²) in [7, 11) is 0. The van der Waals surface area contributed by atoms with Gasteiger partial charge in [0.1, 0.15) is 6.61 Å². The average Bonchev–Trinajstić information content (AvgIpc) is 3.59. The highest BCUT2D eigenvalue weighted by Gasteiger charge is 2.30. The van der Waals surface area contributed by atoms with E-state index in [0.29, 0.717) is 12.5 Å². The first kappa shape index (κ1) is 22.8. The Morgan fingerprint density at radius 2 is 1.67 bits per heavy atom. The van der Waals surface area contributed by atoms with Gasteiger partial charge in [-0.1, -0.05) is 55.5 Å². The zero-order chi connectivity index (χ0) is 23.4. The van der Waals surface area contributed by atoms with E-state index in [1.165, 1.54) is 11.1 Å². The summed E-state index contributed by atoms with van der Waals surface area (Å²) in [6.45, 7) is 2.88. The summed E-state index contributed by atoms with van der Waals surface area (Å²) in [5.74, 6) is -1.08. The third-order valence-corrected chi connectivity index (χ3v) is 6.40. The number of ether oxygens (including phenoxy) is 1. The Hall–Kier alpha value is -3.35. The van der Waals surface area contributed by atoms with Gasteiger partial charge in [-0.3, -0.25) is 9.59 Å². The monoisotopic (exact) mass is 450 g/mol. The Morgan fingerprint density at radius 1 is 1.06 bits per heavy atom. The molecule has 33 heavy (non-hydrogen) atoms. The third kappa shape index (κ3) is 5.53. The lowest BCUT2D eigenvalue weighted by molar-refractivity contribution is -0.139. The predicted molar refractivity (Wildman–Crippen MR) is 124 cm³/mol. The lowest BCUT2D eigenvalue weighted by Crippen LogP contribution is -2.42. The smallest absolute Gasteiger partial charge is 0.407 e. The summed E-state index contributed by atoms with van der Waals surface area (Å²) < 4.78 is 5.53. The van der Waals surface area contributed by atoms with E-state index in [1.54, 1.807) is 11.8 Å². The second kappa shape index (κ2) is 10.1. The first-order chi connectivity index (χ1) is 15.9. The number of rotatable bonds is 10. The van der Waals surface area contributed by atoms with Gasteiger partial charge in [0.15, 0.2) is 0 Å². The maximum atomic E-state index is 12.8. The van der Waals surface area contributed by atoms with Gasteiger partial charge in [0.25, 0.3) is 0 Å². The molecule has 2 aromatic carbocycles. The fourth-order valence-corrected chi connectivity index (χ4v) is 4.42. The first-order valence-corrected chi connectivity index (χ1v) is 11.5. The van der Waals surface area contributed by atoms with Crippen LogP contribution in [0.2, 0.25) is 0 Å². The van der Waals surface area contributed by atoms with E-state index in [-0.39, 0.29) is 37.9 Å². The minimum absolute atomic E-state index is 0.0211. The SMILES string of the molecule is CC(CNC(=O)OCC1c2ccccc2-c2ccccc21)C(=O)N(CCC(=O)O)CC1CC1. The van der Waals surface area contributed by atoms with Crippen LogP contribution in [0.3, 0.4) is 0 Å². The minimum Gasteiger partial charge on any atom is -0.481 e. The highest BCUT2D eigenvalue weighted by atomic mass is 16.5. The lowest BCUT2D eigenvalue weighted by Gasteiger charge is -2.25. The zero-order valence-electron chi connectivity index (χ0n) is 18.8. The van der Waals surface area contributed by atoms with Gasteiger partial charge in [-0.2, -0.15) is 0 Å². The van der Waals surface area contributed by atoms with Gasteiger partial charge in [-0.15, -0.1) is 0 Å². The molecule has 2 N–H and O–H groups in total. The Bertz CT molecular complexity index is 987. The number of nitrogens with zero attached hydrogens (tertiary/aromatic N) is 1. The largest absolute Gasteiger partial charge is 0.481 e. The van der Waals surface area contributed by atoms with Crippen molar-refractivity contribution in [3.05, 3.63) is 59.7 Å². The molecule has 174 valence electrons. The molecule has 1 saturated carbocycles. The van der Waals surface area contributed by atoms with E-state index in [0.717, 1.165) is 24.0 Å². The molecule has 0 radical (unpaired) electrons. The second-order valence-electron chi connectivity index (χ2n) is 8.98. The fraction of sp³-hybridized carbons (Fsp3) is 0.423. The molecule has 0 aliphatic heterocycles. The van der Waals surface area contributed by atoms with Crippen molar-refractivity contribution >= 4 is 18.0 Å². The first-order valence-electron chi connectivity index (χ1n) is 11.5. The number of amides is 2. The molecule has 7 nitrogen and oxygen atoms in total. The Morgan fingerprint density at radius 3 is 2.24 bits per heavy atom. The fourth-order valence-electron chi connectivity index (χ4n) is 4.42. The van der Waals surface area contributed by atoms with Crippen LogP contribution in [-0.4, -0.2) is 54.2 Å².